The molecule has 0 radical (unpaired) electrons. The summed E-state index contributed by atoms with van der Waals surface area (Å²) in [4.78, 5) is 4.94. The summed E-state index contributed by atoms with van der Waals surface area (Å²) in [6.45, 7) is 10.8. The third kappa shape index (κ3) is 2.63. The molecule has 0 spiro atoms. The van der Waals surface area contributed by atoms with Gasteiger partial charge in [-0.05, 0) is 19.3 Å². The smallest absolute Gasteiger partial charge is 0.109 e. The molecule has 1 fully saturated rings. The Morgan fingerprint density at radius 1 is 1.40 bits per heavy atom. The average Bonchev–Trinajstić information content (AvgIpc) is 3.04. The zero-order valence-electron chi connectivity index (χ0n) is 13.0. The molecule has 0 aliphatic carbocycles. The minimum absolute atomic E-state index is 0.514. The second-order valence-electron chi connectivity index (χ2n) is 6.68. The van der Waals surface area contributed by atoms with Crippen molar-refractivity contribution in [1.82, 2.24) is 14.9 Å². The predicted molar refractivity (Wildman–Crippen MR) is 79.8 cm³/mol. The molecule has 2 aliphatic rings. The minimum atomic E-state index is 0.514. The fourth-order valence-corrected chi connectivity index (χ4v) is 3.52. The first-order chi connectivity index (χ1) is 9.66. The number of imidazole rings is 1. The van der Waals surface area contributed by atoms with E-state index in [-0.39, 0.29) is 0 Å². The molecule has 1 N–H and O–H groups in total. The van der Waals surface area contributed by atoms with Crippen molar-refractivity contribution in [3.05, 3.63) is 17.2 Å². The van der Waals surface area contributed by atoms with Crippen LogP contribution in [0.3, 0.4) is 0 Å². The number of nitrogens with zero attached hydrogens (tertiary/aromatic N) is 2. The van der Waals surface area contributed by atoms with Gasteiger partial charge in [0.15, 0.2) is 0 Å². The van der Waals surface area contributed by atoms with Crippen LogP contribution in [-0.4, -0.2) is 29.3 Å². The van der Waals surface area contributed by atoms with Crippen LogP contribution in [0.25, 0.3) is 0 Å². The lowest BCUT2D eigenvalue weighted by Crippen LogP contribution is -2.27. The molecule has 2 atom stereocenters. The lowest BCUT2D eigenvalue weighted by atomic mass is 9.99. The Bertz CT molecular complexity index is 461. The molecule has 4 heteroatoms. The zero-order chi connectivity index (χ0) is 14.1. The third-order valence-corrected chi connectivity index (χ3v) is 4.64. The normalized spacial score (nSPS) is 24.1. The van der Waals surface area contributed by atoms with E-state index in [9.17, 15) is 0 Å². The summed E-state index contributed by atoms with van der Waals surface area (Å²) in [6.07, 6.45) is 3.37. The summed E-state index contributed by atoms with van der Waals surface area (Å²) in [5.74, 6) is 2.58. The lowest BCUT2D eigenvalue weighted by molar-refractivity contribution is 0.174. The zero-order valence-corrected chi connectivity index (χ0v) is 13.0. The molecular weight excluding hydrogens is 250 g/mol. The molecule has 1 saturated heterocycles. The third-order valence-electron chi connectivity index (χ3n) is 4.64. The van der Waals surface area contributed by atoms with Crippen LogP contribution >= 0.6 is 0 Å². The van der Waals surface area contributed by atoms with E-state index in [1.54, 1.807) is 0 Å². The van der Waals surface area contributed by atoms with Crippen LogP contribution in [0.4, 0.5) is 0 Å². The molecule has 0 aromatic carbocycles. The highest BCUT2D eigenvalue weighted by atomic mass is 16.5. The highest BCUT2D eigenvalue weighted by Crippen LogP contribution is 2.31. The van der Waals surface area contributed by atoms with Crippen molar-refractivity contribution in [2.24, 2.45) is 11.8 Å². The minimum Gasteiger partial charge on any atom is -0.381 e. The Balaban J connectivity index is 1.94. The fourth-order valence-electron chi connectivity index (χ4n) is 3.52. The molecule has 2 aliphatic heterocycles. The van der Waals surface area contributed by atoms with Crippen LogP contribution in [0.2, 0.25) is 0 Å². The summed E-state index contributed by atoms with van der Waals surface area (Å²) in [6, 6.07) is 0.514. The molecule has 20 heavy (non-hydrogen) atoms. The van der Waals surface area contributed by atoms with Crippen LogP contribution < -0.4 is 5.32 Å². The standard InChI is InChI=1S/C16H27N3O/c1-11(2)8-16-18-14-9-17-6-4-15(14)19(16)12(3)13-5-7-20-10-13/h11-13,17H,4-10H2,1-3H3. The van der Waals surface area contributed by atoms with Gasteiger partial charge >= 0.3 is 0 Å². The van der Waals surface area contributed by atoms with E-state index in [4.69, 9.17) is 9.72 Å². The molecule has 112 valence electrons. The van der Waals surface area contributed by atoms with Crippen molar-refractivity contribution in [2.75, 3.05) is 19.8 Å². The van der Waals surface area contributed by atoms with Gasteiger partial charge in [-0.2, -0.15) is 0 Å². The molecule has 1 aromatic heterocycles. The van der Waals surface area contributed by atoms with Gasteiger partial charge in [-0.25, -0.2) is 4.98 Å². The largest absolute Gasteiger partial charge is 0.381 e. The number of hydrogen-bond donors (Lipinski definition) is 1. The Kier molecular flexibility index (Phi) is 4.13. The monoisotopic (exact) mass is 277 g/mol. The van der Waals surface area contributed by atoms with Gasteiger partial charge in [-0.1, -0.05) is 13.8 Å². The summed E-state index contributed by atoms with van der Waals surface area (Å²) >= 11 is 0. The van der Waals surface area contributed by atoms with Crippen LogP contribution in [0.15, 0.2) is 0 Å². The number of ether oxygens (including phenoxy) is 1. The summed E-state index contributed by atoms with van der Waals surface area (Å²) in [7, 11) is 0. The van der Waals surface area contributed by atoms with Gasteiger partial charge < -0.3 is 14.6 Å². The number of aromatic nitrogens is 2. The molecular formula is C16H27N3O. The van der Waals surface area contributed by atoms with Gasteiger partial charge in [-0.3, -0.25) is 0 Å². The van der Waals surface area contributed by atoms with Gasteiger partial charge in [-0.15, -0.1) is 0 Å². The molecule has 0 saturated carbocycles. The van der Waals surface area contributed by atoms with Crippen LogP contribution in [0, 0.1) is 11.8 Å². The van der Waals surface area contributed by atoms with Crippen LogP contribution in [-0.2, 0) is 24.1 Å². The van der Waals surface area contributed by atoms with E-state index < -0.39 is 0 Å². The maximum absolute atomic E-state index is 5.60. The van der Waals surface area contributed by atoms with E-state index in [1.807, 2.05) is 0 Å². The molecule has 1 aromatic rings. The van der Waals surface area contributed by atoms with Gasteiger partial charge in [0, 0.05) is 50.2 Å². The van der Waals surface area contributed by atoms with Crippen molar-refractivity contribution in [1.29, 1.82) is 0 Å². The number of nitrogens with one attached hydrogen (secondary N) is 1. The molecule has 3 heterocycles. The van der Waals surface area contributed by atoms with Gasteiger partial charge in [0.05, 0.1) is 12.3 Å². The fraction of sp³-hybridized carbons (Fsp3) is 0.812. The van der Waals surface area contributed by atoms with Gasteiger partial charge in [0.1, 0.15) is 5.82 Å². The topological polar surface area (TPSA) is 39.1 Å². The first-order valence-electron chi connectivity index (χ1n) is 8.04. The molecule has 0 amide bonds. The van der Waals surface area contributed by atoms with E-state index in [0.29, 0.717) is 17.9 Å². The summed E-state index contributed by atoms with van der Waals surface area (Å²) in [5.41, 5.74) is 2.75. The maximum atomic E-state index is 5.60. The number of fused-ring (bicyclic) bond motifs is 1. The van der Waals surface area contributed by atoms with Crippen molar-refractivity contribution in [3.63, 3.8) is 0 Å². The van der Waals surface area contributed by atoms with Crippen molar-refractivity contribution in [2.45, 2.75) is 52.6 Å². The summed E-state index contributed by atoms with van der Waals surface area (Å²) < 4.78 is 8.15. The first-order valence-corrected chi connectivity index (χ1v) is 8.04. The average molecular weight is 277 g/mol. The molecule has 2 unspecified atom stereocenters. The molecule has 0 bridgehead atoms. The van der Waals surface area contributed by atoms with Gasteiger partial charge in [0.25, 0.3) is 0 Å². The van der Waals surface area contributed by atoms with Crippen molar-refractivity contribution < 1.29 is 4.74 Å². The van der Waals surface area contributed by atoms with E-state index in [2.05, 4.69) is 30.7 Å². The van der Waals surface area contributed by atoms with Gasteiger partial charge in [0.2, 0.25) is 0 Å². The maximum Gasteiger partial charge on any atom is 0.109 e. The van der Waals surface area contributed by atoms with E-state index >= 15 is 0 Å². The highest BCUT2D eigenvalue weighted by Gasteiger charge is 2.29. The lowest BCUT2D eigenvalue weighted by Gasteiger charge is -2.26. The van der Waals surface area contributed by atoms with Crippen LogP contribution in [0.5, 0.6) is 0 Å². The summed E-state index contributed by atoms with van der Waals surface area (Å²) in [5, 5.41) is 3.44. The number of rotatable bonds is 4. The second-order valence-corrected chi connectivity index (χ2v) is 6.68. The second kappa shape index (κ2) is 5.86. The predicted octanol–water partition coefficient (Wildman–Crippen LogP) is 2.32. The van der Waals surface area contributed by atoms with E-state index in [1.165, 1.54) is 23.6 Å². The number of hydrogen-bond acceptors (Lipinski definition) is 3. The van der Waals surface area contributed by atoms with Crippen molar-refractivity contribution in [3.8, 4) is 0 Å². The molecule has 3 rings (SSSR count). The Morgan fingerprint density at radius 3 is 2.95 bits per heavy atom. The van der Waals surface area contributed by atoms with E-state index in [0.717, 1.165) is 39.1 Å². The SMILES string of the molecule is CC(C)Cc1nc2c(n1C(C)C1CCOC1)CCNC2. The molecule has 4 nitrogen and oxygen atoms in total. The Hall–Kier alpha value is -0.870. The van der Waals surface area contributed by atoms with Crippen LogP contribution in [0.1, 0.15) is 50.4 Å². The Morgan fingerprint density at radius 2 is 2.25 bits per heavy atom. The van der Waals surface area contributed by atoms with Crippen molar-refractivity contribution >= 4 is 0 Å². The quantitative estimate of drug-likeness (QED) is 0.918. The highest BCUT2D eigenvalue weighted by molar-refractivity contribution is 5.22. The first kappa shape index (κ1) is 14.1. The Labute approximate surface area is 121 Å².